The van der Waals surface area contributed by atoms with E-state index in [-0.39, 0.29) is 22.3 Å². The lowest BCUT2D eigenvalue weighted by Crippen LogP contribution is -2.27. The van der Waals surface area contributed by atoms with E-state index < -0.39 is 10.0 Å². The Morgan fingerprint density at radius 3 is 2.06 bits per heavy atom. The average molecular weight is 465 g/mol. The van der Waals surface area contributed by atoms with Gasteiger partial charge in [0.15, 0.2) is 0 Å². The number of benzene rings is 3. The average Bonchev–Trinajstić information content (AvgIpc) is 2.74. The number of nitrogens with one attached hydrogen (secondary N) is 2. The predicted octanol–water partition coefficient (Wildman–Crippen LogP) is 5.89. The highest BCUT2D eigenvalue weighted by molar-refractivity contribution is 7.92. The number of anilines is 1. The van der Waals surface area contributed by atoms with Gasteiger partial charge in [0.05, 0.1) is 10.9 Å². The first-order valence-electron chi connectivity index (χ1n) is 11.0. The van der Waals surface area contributed by atoms with Crippen molar-refractivity contribution >= 4 is 21.6 Å². The maximum Gasteiger partial charge on any atom is 0.262 e. The molecule has 0 radical (unpaired) electrons. The van der Waals surface area contributed by atoms with Gasteiger partial charge in [-0.05, 0) is 67.1 Å². The molecule has 174 valence electrons. The molecule has 2 N–H and O–H groups in total. The van der Waals surface area contributed by atoms with Crippen LogP contribution in [0.15, 0.2) is 71.6 Å². The van der Waals surface area contributed by atoms with Crippen molar-refractivity contribution in [3.8, 4) is 0 Å². The fourth-order valence-electron chi connectivity index (χ4n) is 3.50. The van der Waals surface area contributed by atoms with Crippen LogP contribution in [-0.4, -0.2) is 14.3 Å². The van der Waals surface area contributed by atoms with Gasteiger partial charge < -0.3 is 5.32 Å². The second kappa shape index (κ2) is 9.40. The van der Waals surface area contributed by atoms with Gasteiger partial charge in [0.25, 0.3) is 15.9 Å². The molecule has 0 spiro atoms. The second-order valence-corrected chi connectivity index (χ2v) is 11.2. The Hall–Kier alpha value is -3.12. The lowest BCUT2D eigenvalue weighted by atomic mass is 9.86. The molecule has 0 fully saturated rings. The molecule has 0 bridgehead atoms. The van der Waals surface area contributed by atoms with Crippen LogP contribution in [0.4, 0.5) is 5.69 Å². The zero-order chi connectivity index (χ0) is 24.4. The molecule has 0 aliphatic rings. The number of sulfonamides is 1. The molecule has 0 heterocycles. The Morgan fingerprint density at radius 2 is 1.48 bits per heavy atom. The highest BCUT2D eigenvalue weighted by atomic mass is 32.2. The molecule has 0 saturated carbocycles. The summed E-state index contributed by atoms with van der Waals surface area (Å²) in [7, 11) is -3.84. The zero-order valence-corrected chi connectivity index (χ0v) is 20.9. The molecular formula is C27H32N2O3S. The van der Waals surface area contributed by atoms with Gasteiger partial charge in [0.1, 0.15) is 0 Å². The minimum absolute atomic E-state index is 0.0570. The van der Waals surface area contributed by atoms with E-state index in [0.29, 0.717) is 16.8 Å². The Bertz CT molecular complexity index is 1240. The first-order chi connectivity index (χ1) is 15.4. The van der Waals surface area contributed by atoms with Crippen LogP contribution >= 0.6 is 0 Å². The van der Waals surface area contributed by atoms with Gasteiger partial charge in [-0.15, -0.1) is 0 Å². The van der Waals surface area contributed by atoms with Crippen molar-refractivity contribution in [2.24, 2.45) is 0 Å². The van der Waals surface area contributed by atoms with Crippen molar-refractivity contribution < 1.29 is 13.2 Å². The van der Waals surface area contributed by atoms with E-state index in [9.17, 15) is 13.2 Å². The molecule has 1 amide bonds. The number of carbonyl (C=O) groups excluding carboxylic acids is 1. The van der Waals surface area contributed by atoms with E-state index >= 15 is 0 Å². The van der Waals surface area contributed by atoms with Gasteiger partial charge in [-0.3, -0.25) is 9.52 Å². The largest absolute Gasteiger partial charge is 0.346 e. The van der Waals surface area contributed by atoms with Gasteiger partial charge in [0.2, 0.25) is 0 Å². The molecule has 0 saturated heterocycles. The van der Waals surface area contributed by atoms with Crippen molar-refractivity contribution in [1.82, 2.24) is 5.32 Å². The Balaban J connectivity index is 1.79. The number of aryl methyl sites for hydroxylation is 2. The number of hydrogen-bond acceptors (Lipinski definition) is 3. The van der Waals surface area contributed by atoms with Crippen LogP contribution in [0.3, 0.4) is 0 Å². The summed E-state index contributed by atoms with van der Waals surface area (Å²) in [5.74, 6) is -0.325. The Morgan fingerprint density at radius 1 is 0.879 bits per heavy atom. The summed E-state index contributed by atoms with van der Waals surface area (Å²) in [6.07, 6.45) is 0. The molecule has 0 aliphatic carbocycles. The minimum Gasteiger partial charge on any atom is -0.346 e. The summed E-state index contributed by atoms with van der Waals surface area (Å²) in [5, 5.41) is 2.97. The fourth-order valence-corrected chi connectivity index (χ4v) is 4.83. The summed E-state index contributed by atoms with van der Waals surface area (Å²) in [5.41, 5.74) is 4.63. The van der Waals surface area contributed by atoms with Crippen molar-refractivity contribution in [3.63, 3.8) is 0 Å². The maximum atomic E-state index is 13.0. The second-order valence-electron chi connectivity index (χ2n) is 9.52. The van der Waals surface area contributed by atoms with Gasteiger partial charge in [0, 0.05) is 11.3 Å². The van der Waals surface area contributed by atoms with E-state index in [2.05, 4.69) is 42.9 Å². The van der Waals surface area contributed by atoms with Crippen LogP contribution in [0.1, 0.15) is 66.3 Å². The summed E-state index contributed by atoms with van der Waals surface area (Å²) in [4.78, 5) is 13.0. The first-order valence-corrected chi connectivity index (χ1v) is 12.5. The van der Waals surface area contributed by atoms with Gasteiger partial charge in [-0.2, -0.15) is 0 Å². The third-order valence-electron chi connectivity index (χ3n) is 5.67. The first kappa shape index (κ1) is 24.5. The lowest BCUT2D eigenvalue weighted by molar-refractivity contribution is 0.0939. The Labute approximate surface area is 197 Å². The third kappa shape index (κ3) is 6.02. The van der Waals surface area contributed by atoms with Crippen molar-refractivity contribution in [3.05, 3.63) is 94.5 Å². The number of hydrogen-bond donors (Lipinski definition) is 2. The maximum absolute atomic E-state index is 13.0. The molecule has 3 aromatic rings. The number of rotatable bonds is 6. The van der Waals surface area contributed by atoms with Crippen LogP contribution in [0, 0.1) is 13.8 Å². The lowest BCUT2D eigenvalue weighted by Gasteiger charge is -2.21. The van der Waals surface area contributed by atoms with Crippen molar-refractivity contribution in [1.29, 1.82) is 0 Å². The van der Waals surface area contributed by atoms with Crippen LogP contribution < -0.4 is 10.0 Å². The van der Waals surface area contributed by atoms with Crippen molar-refractivity contribution in [2.45, 2.75) is 57.9 Å². The molecule has 6 heteroatoms. The van der Waals surface area contributed by atoms with E-state index in [1.165, 1.54) is 11.6 Å². The fraction of sp³-hybridized carbons (Fsp3) is 0.296. The molecule has 1 atom stereocenters. The molecule has 0 aromatic heterocycles. The summed E-state index contributed by atoms with van der Waals surface area (Å²) in [6, 6.07) is 19.8. The zero-order valence-electron chi connectivity index (χ0n) is 20.1. The van der Waals surface area contributed by atoms with E-state index in [0.717, 1.165) is 11.1 Å². The van der Waals surface area contributed by atoms with Crippen LogP contribution in [0.2, 0.25) is 0 Å². The Kier molecular flexibility index (Phi) is 6.98. The summed E-state index contributed by atoms with van der Waals surface area (Å²) < 4.78 is 28.6. The normalized spacial score (nSPS) is 12.8. The van der Waals surface area contributed by atoms with E-state index in [1.54, 1.807) is 31.2 Å². The quantitative estimate of drug-likeness (QED) is 0.477. The van der Waals surface area contributed by atoms with Gasteiger partial charge in [-0.1, -0.05) is 68.8 Å². The monoisotopic (exact) mass is 464 g/mol. The summed E-state index contributed by atoms with van der Waals surface area (Å²) in [6.45, 7) is 12.0. The van der Waals surface area contributed by atoms with Gasteiger partial charge in [-0.25, -0.2) is 8.42 Å². The minimum atomic E-state index is -3.84. The molecule has 3 aromatic carbocycles. The number of amides is 1. The molecular weight excluding hydrogens is 432 g/mol. The molecule has 33 heavy (non-hydrogen) atoms. The summed E-state index contributed by atoms with van der Waals surface area (Å²) >= 11 is 0. The number of carbonyl (C=O) groups is 1. The highest BCUT2D eigenvalue weighted by Gasteiger charge is 2.21. The predicted molar refractivity (Wildman–Crippen MR) is 134 cm³/mol. The molecule has 0 unspecified atom stereocenters. The van der Waals surface area contributed by atoms with Crippen LogP contribution in [0.25, 0.3) is 0 Å². The smallest absolute Gasteiger partial charge is 0.262 e. The van der Waals surface area contributed by atoms with Crippen molar-refractivity contribution in [2.75, 3.05) is 4.72 Å². The molecule has 5 nitrogen and oxygen atoms in total. The molecule has 0 aliphatic heterocycles. The van der Waals surface area contributed by atoms with Crippen LogP contribution in [0.5, 0.6) is 0 Å². The topological polar surface area (TPSA) is 75.3 Å². The van der Waals surface area contributed by atoms with E-state index in [4.69, 9.17) is 0 Å². The standard InChI is InChI=1S/C27H32N2O3S/c1-18-7-15-24(16-8-18)29-33(31,32)25-17-22(10-9-19(25)2)26(30)28-20(3)21-11-13-23(14-12-21)27(4,5)6/h7-17,20,29H,1-6H3,(H,28,30)/t20-/m1/s1. The van der Waals surface area contributed by atoms with E-state index in [1.807, 2.05) is 38.1 Å². The molecule has 3 rings (SSSR count). The SMILES string of the molecule is Cc1ccc(NS(=O)(=O)c2cc(C(=O)N[C@H](C)c3ccc(C(C)(C)C)cc3)ccc2C)cc1. The highest BCUT2D eigenvalue weighted by Crippen LogP contribution is 2.25. The van der Waals surface area contributed by atoms with Gasteiger partial charge >= 0.3 is 0 Å². The van der Waals surface area contributed by atoms with Crippen LogP contribution in [-0.2, 0) is 15.4 Å². The third-order valence-corrected chi connectivity index (χ3v) is 7.19.